The zero-order chi connectivity index (χ0) is 11.1. The van der Waals surface area contributed by atoms with Gasteiger partial charge in [-0.1, -0.05) is 0 Å². The molecule has 0 saturated carbocycles. The molecule has 1 aromatic rings. The van der Waals surface area contributed by atoms with Gasteiger partial charge >= 0.3 is 11.9 Å². The predicted molar refractivity (Wildman–Crippen MR) is 44.4 cm³/mol. The first kappa shape index (κ1) is 10.2. The highest BCUT2D eigenvalue weighted by Gasteiger charge is 2.59. The van der Waals surface area contributed by atoms with Gasteiger partial charge in [-0.2, -0.15) is 18.3 Å². The maximum absolute atomic E-state index is 12.9. The van der Waals surface area contributed by atoms with E-state index >= 15 is 0 Å². The smallest absolute Gasteiger partial charge is 0.315 e. The van der Waals surface area contributed by atoms with Crippen molar-refractivity contribution in [2.45, 2.75) is 18.0 Å². The first-order chi connectivity index (χ1) is 6.96. The van der Waals surface area contributed by atoms with E-state index in [2.05, 4.69) is 15.4 Å². The van der Waals surface area contributed by atoms with Gasteiger partial charge in [0.15, 0.2) is 0 Å². The molecule has 8 heteroatoms. The lowest BCUT2D eigenvalue weighted by Crippen LogP contribution is -2.45. The molecular formula is C7H9F3N4O. The molecule has 2 heterocycles. The molecule has 0 radical (unpaired) electrons. The number of halogens is 3. The molecule has 1 fully saturated rings. The fourth-order valence-corrected chi connectivity index (χ4v) is 1.77. The van der Waals surface area contributed by atoms with E-state index in [0.29, 0.717) is 0 Å². The van der Waals surface area contributed by atoms with E-state index in [4.69, 9.17) is 0 Å². The van der Waals surface area contributed by atoms with Crippen LogP contribution >= 0.6 is 0 Å². The molecule has 1 atom stereocenters. The van der Waals surface area contributed by atoms with Gasteiger partial charge in [-0.15, -0.1) is 0 Å². The summed E-state index contributed by atoms with van der Waals surface area (Å²) in [7, 11) is 0. The molecule has 1 saturated heterocycles. The molecular weight excluding hydrogens is 213 g/mol. The number of nitrogens with one attached hydrogen (secondary N) is 3. The maximum Gasteiger partial charge on any atom is 0.402 e. The van der Waals surface area contributed by atoms with Crippen molar-refractivity contribution in [2.75, 3.05) is 13.1 Å². The van der Waals surface area contributed by atoms with Crippen molar-refractivity contribution in [1.29, 1.82) is 0 Å². The molecule has 1 aromatic heterocycles. The number of H-pyrrole nitrogens is 2. The quantitative estimate of drug-likeness (QED) is 0.620. The van der Waals surface area contributed by atoms with Crippen LogP contribution in [0, 0.1) is 0 Å². The van der Waals surface area contributed by atoms with Crippen molar-refractivity contribution < 1.29 is 13.2 Å². The minimum atomic E-state index is -4.42. The Bertz CT molecular complexity index is 401. The van der Waals surface area contributed by atoms with Gasteiger partial charge in [0.05, 0.1) is 0 Å². The molecule has 5 nitrogen and oxygen atoms in total. The first-order valence-electron chi connectivity index (χ1n) is 4.38. The SMILES string of the molecule is O=c1[nH]nc(C2(C(F)(F)F)CCNC2)[nH]1. The topological polar surface area (TPSA) is 73.6 Å². The van der Waals surface area contributed by atoms with Gasteiger partial charge in [0.25, 0.3) is 0 Å². The minimum Gasteiger partial charge on any atom is -0.315 e. The minimum absolute atomic E-state index is 0.114. The van der Waals surface area contributed by atoms with E-state index in [1.54, 1.807) is 0 Å². The van der Waals surface area contributed by atoms with Crippen molar-refractivity contribution in [1.82, 2.24) is 20.5 Å². The monoisotopic (exact) mass is 222 g/mol. The second kappa shape index (κ2) is 3.09. The van der Waals surface area contributed by atoms with Gasteiger partial charge in [0, 0.05) is 6.54 Å². The Hall–Kier alpha value is -1.31. The number of aromatic amines is 2. The van der Waals surface area contributed by atoms with Crippen LogP contribution in [0.5, 0.6) is 0 Å². The lowest BCUT2D eigenvalue weighted by Gasteiger charge is -2.27. The average Bonchev–Trinajstić information content (AvgIpc) is 2.69. The standard InChI is InChI=1S/C7H9F3N4O/c8-7(9,10)6(1-2-11-3-6)4-12-5(15)14-13-4/h11H,1-3H2,(H2,12,13,14,15). The summed E-state index contributed by atoms with van der Waals surface area (Å²) in [6.45, 7) is 0.00565. The Balaban J connectivity index is 2.48. The summed E-state index contributed by atoms with van der Waals surface area (Å²) in [5.41, 5.74) is -2.79. The average molecular weight is 222 g/mol. The van der Waals surface area contributed by atoms with Gasteiger partial charge in [0.2, 0.25) is 0 Å². The Labute approximate surface area is 82.1 Å². The number of hydrogen-bond acceptors (Lipinski definition) is 3. The van der Waals surface area contributed by atoms with Gasteiger partial charge in [-0.05, 0) is 13.0 Å². The summed E-state index contributed by atoms with van der Waals surface area (Å²) in [5.74, 6) is -0.343. The van der Waals surface area contributed by atoms with Gasteiger partial charge in [0.1, 0.15) is 11.2 Å². The fraction of sp³-hybridized carbons (Fsp3) is 0.714. The van der Waals surface area contributed by atoms with Gasteiger partial charge in [-0.25, -0.2) is 9.89 Å². The second-order valence-corrected chi connectivity index (χ2v) is 3.53. The molecule has 15 heavy (non-hydrogen) atoms. The molecule has 0 spiro atoms. The zero-order valence-corrected chi connectivity index (χ0v) is 7.61. The third kappa shape index (κ3) is 1.44. The molecule has 84 valence electrons. The van der Waals surface area contributed by atoms with E-state index in [-0.39, 0.29) is 25.3 Å². The van der Waals surface area contributed by atoms with Crippen LogP contribution in [-0.4, -0.2) is 34.4 Å². The molecule has 1 unspecified atom stereocenters. The van der Waals surface area contributed by atoms with Crippen molar-refractivity contribution in [3.63, 3.8) is 0 Å². The normalized spacial score (nSPS) is 27.1. The van der Waals surface area contributed by atoms with E-state index in [1.807, 2.05) is 5.10 Å². The number of nitrogens with zero attached hydrogens (tertiary/aromatic N) is 1. The third-order valence-corrected chi connectivity index (χ3v) is 2.65. The third-order valence-electron chi connectivity index (χ3n) is 2.65. The lowest BCUT2D eigenvalue weighted by molar-refractivity contribution is -0.187. The number of aromatic nitrogens is 3. The molecule has 0 amide bonds. The van der Waals surface area contributed by atoms with E-state index < -0.39 is 17.3 Å². The van der Waals surface area contributed by atoms with Crippen LogP contribution in [-0.2, 0) is 5.41 Å². The predicted octanol–water partition coefficient (Wildman–Crippen LogP) is -0.109. The summed E-state index contributed by atoms with van der Waals surface area (Å²) in [4.78, 5) is 12.8. The van der Waals surface area contributed by atoms with Crippen LogP contribution in [0.3, 0.4) is 0 Å². The maximum atomic E-state index is 12.9. The molecule has 0 aromatic carbocycles. The fourth-order valence-electron chi connectivity index (χ4n) is 1.77. The van der Waals surface area contributed by atoms with Crippen LogP contribution in [0.25, 0.3) is 0 Å². The summed E-state index contributed by atoms with van der Waals surface area (Å²) in [6.07, 6.45) is -4.54. The molecule has 1 aliphatic rings. The Morgan fingerprint density at radius 2 is 2.13 bits per heavy atom. The van der Waals surface area contributed by atoms with Gasteiger partial charge in [-0.3, -0.25) is 4.98 Å². The zero-order valence-electron chi connectivity index (χ0n) is 7.61. The largest absolute Gasteiger partial charge is 0.402 e. The number of hydrogen-bond donors (Lipinski definition) is 3. The van der Waals surface area contributed by atoms with E-state index in [0.717, 1.165) is 0 Å². The Morgan fingerprint density at radius 3 is 2.53 bits per heavy atom. The van der Waals surface area contributed by atoms with Crippen molar-refractivity contribution in [3.05, 3.63) is 16.3 Å². The molecule has 1 aliphatic heterocycles. The van der Waals surface area contributed by atoms with Gasteiger partial charge < -0.3 is 5.32 Å². The van der Waals surface area contributed by atoms with Crippen molar-refractivity contribution >= 4 is 0 Å². The first-order valence-corrected chi connectivity index (χ1v) is 4.38. The van der Waals surface area contributed by atoms with Crippen LogP contribution in [0.1, 0.15) is 12.2 Å². The van der Waals surface area contributed by atoms with Crippen LogP contribution in [0.4, 0.5) is 13.2 Å². The highest BCUT2D eigenvalue weighted by Crippen LogP contribution is 2.43. The highest BCUT2D eigenvalue weighted by atomic mass is 19.4. The van der Waals surface area contributed by atoms with Crippen LogP contribution < -0.4 is 11.0 Å². The second-order valence-electron chi connectivity index (χ2n) is 3.53. The summed E-state index contributed by atoms with van der Waals surface area (Å²) in [6, 6.07) is 0. The summed E-state index contributed by atoms with van der Waals surface area (Å²) >= 11 is 0. The highest BCUT2D eigenvalue weighted by molar-refractivity contribution is 5.15. The van der Waals surface area contributed by atoms with Crippen molar-refractivity contribution in [3.8, 4) is 0 Å². The van der Waals surface area contributed by atoms with Crippen molar-refractivity contribution in [2.24, 2.45) is 0 Å². The molecule has 0 bridgehead atoms. The van der Waals surface area contributed by atoms with Crippen LogP contribution in [0.15, 0.2) is 4.79 Å². The van der Waals surface area contributed by atoms with E-state index in [9.17, 15) is 18.0 Å². The Kier molecular flexibility index (Phi) is 2.10. The van der Waals surface area contributed by atoms with E-state index in [1.165, 1.54) is 0 Å². The number of rotatable bonds is 1. The lowest BCUT2D eigenvalue weighted by atomic mass is 9.85. The summed E-state index contributed by atoms with van der Waals surface area (Å²) in [5, 5.41) is 7.97. The molecule has 0 aliphatic carbocycles. The summed E-state index contributed by atoms with van der Waals surface area (Å²) < 4.78 is 38.7. The molecule has 3 N–H and O–H groups in total. The number of alkyl halides is 3. The van der Waals surface area contributed by atoms with Crippen LogP contribution in [0.2, 0.25) is 0 Å². The molecule has 2 rings (SSSR count). The Morgan fingerprint density at radius 1 is 1.40 bits per heavy atom.